The molecule has 2 rings (SSSR count). The topological polar surface area (TPSA) is 53.0 Å². The van der Waals surface area contributed by atoms with Gasteiger partial charge in [0.25, 0.3) is 0 Å². The molecule has 0 atom stereocenters. The van der Waals surface area contributed by atoms with E-state index in [4.69, 9.17) is 5.73 Å². The quantitative estimate of drug-likeness (QED) is 0.784. The normalized spacial score (nSPS) is 17.3. The molecule has 0 amide bonds. The predicted octanol–water partition coefficient (Wildman–Crippen LogP) is 3.40. The highest BCUT2D eigenvalue weighted by Crippen LogP contribution is 2.36. The lowest BCUT2D eigenvalue weighted by Gasteiger charge is -2.40. The first-order valence-electron chi connectivity index (χ1n) is 6.96. The Morgan fingerprint density at radius 2 is 1.89 bits per heavy atom. The molecule has 102 valence electrons. The molecule has 2 N–H and O–H groups in total. The maximum absolute atomic E-state index is 9.22. The average Bonchev–Trinajstić information content (AvgIpc) is 2.37. The molecule has 0 bridgehead atoms. The third kappa shape index (κ3) is 3.01. The Morgan fingerprint density at radius 1 is 1.26 bits per heavy atom. The SMILES string of the molecule is CC(C)(C)C1CCN(c2ccc(N)cc2C#N)CC1. The Balaban J connectivity index is 2.12. The van der Waals surface area contributed by atoms with Crippen molar-refractivity contribution >= 4 is 11.4 Å². The summed E-state index contributed by atoms with van der Waals surface area (Å²) in [6, 6.07) is 7.88. The van der Waals surface area contributed by atoms with Crippen molar-refractivity contribution in [3.8, 4) is 6.07 Å². The van der Waals surface area contributed by atoms with Crippen molar-refractivity contribution in [3.05, 3.63) is 23.8 Å². The molecule has 1 aliphatic rings. The molecule has 0 radical (unpaired) electrons. The van der Waals surface area contributed by atoms with Crippen LogP contribution in [0.2, 0.25) is 0 Å². The molecule has 0 aromatic heterocycles. The predicted molar refractivity (Wildman–Crippen MR) is 80.0 cm³/mol. The zero-order valence-corrected chi connectivity index (χ0v) is 12.1. The average molecular weight is 257 g/mol. The molecule has 3 nitrogen and oxygen atoms in total. The van der Waals surface area contributed by atoms with Crippen molar-refractivity contribution in [3.63, 3.8) is 0 Å². The van der Waals surface area contributed by atoms with Crippen LogP contribution in [-0.4, -0.2) is 13.1 Å². The van der Waals surface area contributed by atoms with E-state index in [1.54, 1.807) is 6.07 Å². The van der Waals surface area contributed by atoms with Crippen molar-refractivity contribution in [2.24, 2.45) is 11.3 Å². The Morgan fingerprint density at radius 3 is 2.42 bits per heavy atom. The second-order valence-corrected chi connectivity index (χ2v) is 6.52. The molecule has 1 aromatic rings. The molecular formula is C16H23N3. The molecule has 19 heavy (non-hydrogen) atoms. The number of hydrogen-bond donors (Lipinski definition) is 1. The Labute approximate surface area is 116 Å². The molecule has 1 heterocycles. The zero-order valence-electron chi connectivity index (χ0n) is 12.1. The lowest BCUT2D eigenvalue weighted by Crippen LogP contribution is -2.38. The summed E-state index contributed by atoms with van der Waals surface area (Å²) in [6.45, 7) is 9.01. The second-order valence-electron chi connectivity index (χ2n) is 6.52. The van der Waals surface area contributed by atoms with Crippen molar-refractivity contribution in [1.82, 2.24) is 0 Å². The number of piperidine rings is 1. The fourth-order valence-corrected chi connectivity index (χ4v) is 2.91. The molecular weight excluding hydrogens is 234 g/mol. The standard InChI is InChI=1S/C16H23N3/c1-16(2,3)13-6-8-19(9-7-13)15-5-4-14(18)10-12(15)11-17/h4-5,10,13H,6-9,18H2,1-3H3. The van der Waals surface area contributed by atoms with E-state index in [1.165, 1.54) is 12.8 Å². The lowest BCUT2D eigenvalue weighted by molar-refractivity contribution is 0.199. The molecule has 1 saturated heterocycles. The van der Waals surface area contributed by atoms with Crippen LogP contribution in [-0.2, 0) is 0 Å². The highest BCUT2D eigenvalue weighted by molar-refractivity contribution is 5.64. The van der Waals surface area contributed by atoms with E-state index in [0.29, 0.717) is 16.7 Å². The Kier molecular flexibility index (Phi) is 3.71. The molecule has 0 spiro atoms. The van der Waals surface area contributed by atoms with Gasteiger partial charge in [-0.25, -0.2) is 0 Å². The Hall–Kier alpha value is -1.69. The van der Waals surface area contributed by atoms with Gasteiger partial charge in [-0.3, -0.25) is 0 Å². The monoisotopic (exact) mass is 257 g/mol. The number of rotatable bonds is 1. The van der Waals surface area contributed by atoms with E-state index < -0.39 is 0 Å². The van der Waals surface area contributed by atoms with E-state index in [-0.39, 0.29) is 0 Å². The van der Waals surface area contributed by atoms with Crippen LogP contribution in [0.25, 0.3) is 0 Å². The summed E-state index contributed by atoms with van der Waals surface area (Å²) in [6.07, 6.45) is 2.39. The third-order valence-corrected chi connectivity index (χ3v) is 4.20. The lowest BCUT2D eigenvalue weighted by atomic mass is 9.75. The molecule has 1 aliphatic heterocycles. The summed E-state index contributed by atoms with van der Waals surface area (Å²) < 4.78 is 0. The number of nitrogens with zero attached hydrogens (tertiary/aromatic N) is 2. The van der Waals surface area contributed by atoms with Gasteiger partial charge in [-0.15, -0.1) is 0 Å². The van der Waals surface area contributed by atoms with Gasteiger partial charge in [0.1, 0.15) is 6.07 Å². The van der Waals surface area contributed by atoms with Gasteiger partial charge in [0.15, 0.2) is 0 Å². The largest absolute Gasteiger partial charge is 0.399 e. The van der Waals surface area contributed by atoms with Gasteiger partial charge in [0.2, 0.25) is 0 Å². The second kappa shape index (κ2) is 5.13. The van der Waals surface area contributed by atoms with Gasteiger partial charge in [-0.1, -0.05) is 20.8 Å². The highest BCUT2D eigenvalue weighted by Gasteiger charge is 2.29. The van der Waals surface area contributed by atoms with Gasteiger partial charge in [-0.05, 0) is 42.4 Å². The minimum Gasteiger partial charge on any atom is -0.399 e. The number of nitrogens with two attached hydrogens (primary N) is 1. The fraction of sp³-hybridized carbons (Fsp3) is 0.562. The highest BCUT2D eigenvalue weighted by atomic mass is 15.1. The van der Waals surface area contributed by atoms with Crippen LogP contribution >= 0.6 is 0 Å². The van der Waals surface area contributed by atoms with Gasteiger partial charge in [0, 0.05) is 18.8 Å². The van der Waals surface area contributed by atoms with E-state index in [0.717, 1.165) is 24.7 Å². The van der Waals surface area contributed by atoms with Gasteiger partial charge >= 0.3 is 0 Å². The maximum Gasteiger partial charge on any atom is 0.101 e. The van der Waals surface area contributed by atoms with Crippen LogP contribution in [0.15, 0.2) is 18.2 Å². The third-order valence-electron chi connectivity index (χ3n) is 4.20. The number of benzene rings is 1. The first-order chi connectivity index (χ1) is 8.91. The summed E-state index contributed by atoms with van der Waals surface area (Å²) in [5.74, 6) is 0.767. The summed E-state index contributed by atoms with van der Waals surface area (Å²) in [5.41, 5.74) is 8.50. The fourth-order valence-electron chi connectivity index (χ4n) is 2.91. The van der Waals surface area contributed by atoms with Gasteiger partial charge in [0.05, 0.1) is 11.3 Å². The van der Waals surface area contributed by atoms with E-state index in [2.05, 4.69) is 31.7 Å². The van der Waals surface area contributed by atoms with Crippen LogP contribution < -0.4 is 10.6 Å². The van der Waals surface area contributed by atoms with Crippen LogP contribution in [0.4, 0.5) is 11.4 Å². The molecule has 0 saturated carbocycles. The van der Waals surface area contributed by atoms with Gasteiger partial charge < -0.3 is 10.6 Å². The van der Waals surface area contributed by atoms with Crippen molar-refractivity contribution < 1.29 is 0 Å². The minimum absolute atomic E-state index is 0.380. The van der Waals surface area contributed by atoms with Crippen LogP contribution in [0.5, 0.6) is 0 Å². The van der Waals surface area contributed by atoms with Crippen molar-refractivity contribution in [1.29, 1.82) is 5.26 Å². The van der Waals surface area contributed by atoms with Crippen molar-refractivity contribution in [2.75, 3.05) is 23.7 Å². The van der Waals surface area contributed by atoms with E-state index in [1.807, 2.05) is 12.1 Å². The van der Waals surface area contributed by atoms with Crippen LogP contribution in [0.3, 0.4) is 0 Å². The van der Waals surface area contributed by atoms with Crippen LogP contribution in [0, 0.1) is 22.7 Å². The number of nitriles is 1. The smallest absolute Gasteiger partial charge is 0.101 e. The summed E-state index contributed by atoms with van der Waals surface area (Å²) >= 11 is 0. The van der Waals surface area contributed by atoms with Gasteiger partial charge in [-0.2, -0.15) is 5.26 Å². The molecule has 3 heteroatoms. The summed E-state index contributed by atoms with van der Waals surface area (Å²) in [4.78, 5) is 2.32. The zero-order chi connectivity index (χ0) is 14.0. The molecule has 0 aliphatic carbocycles. The first-order valence-corrected chi connectivity index (χ1v) is 6.96. The molecule has 1 fully saturated rings. The number of nitrogen functional groups attached to an aromatic ring is 1. The Bertz CT molecular complexity index is 486. The summed E-state index contributed by atoms with van der Waals surface area (Å²) in [7, 11) is 0. The number of anilines is 2. The maximum atomic E-state index is 9.22. The van der Waals surface area contributed by atoms with Crippen molar-refractivity contribution in [2.45, 2.75) is 33.6 Å². The molecule has 1 aromatic carbocycles. The van der Waals surface area contributed by atoms with Crippen LogP contribution in [0.1, 0.15) is 39.2 Å². The minimum atomic E-state index is 0.380. The summed E-state index contributed by atoms with van der Waals surface area (Å²) in [5, 5.41) is 9.22. The first kappa shape index (κ1) is 13.7. The number of hydrogen-bond acceptors (Lipinski definition) is 3. The van der Waals surface area contributed by atoms with E-state index >= 15 is 0 Å². The van der Waals surface area contributed by atoms with E-state index in [9.17, 15) is 5.26 Å². The molecule has 0 unspecified atom stereocenters.